The third kappa shape index (κ3) is 2.08. The molecule has 1 N–H and O–H groups in total. The quantitative estimate of drug-likeness (QED) is 0.877. The van der Waals surface area contributed by atoms with Gasteiger partial charge in [-0.05, 0) is 37.5 Å². The van der Waals surface area contributed by atoms with Crippen LogP contribution in [0, 0.1) is 0 Å². The van der Waals surface area contributed by atoms with Crippen molar-refractivity contribution in [3.63, 3.8) is 0 Å². The van der Waals surface area contributed by atoms with Crippen molar-refractivity contribution in [1.29, 1.82) is 0 Å². The molecule has 3 rings (SSSR count). The van der Waals surface area contributed by atoms with Crippen LogP contribution in [0.5, 0.6) is 0 Å². The molecule has 0 saturated heterocycles. The van der Waals surface area contributed by atoms with Crippen molar-refractivity contribution in [3.05, 3.63) is 41.9 Å². The Morgan fingerprint density at radius 1 is 1.35 bits per heavy atom. The fourth-order valence-electron chi connectivity index (χ4n) is 1.84. The van der Waals surface area contributed by atoms with Crippen molar-refractivity contribution in [2.45, 2.75) is 31.8 Å². The Balaban J connectivity index is 1.86. The first kappa shape index (κ1) is 10.5. The lowest BCUT2D eigenvalue weighted by Crippen LogP contribution is -2.00. The lowest BCUT2D eigenvalue weighted by molar-refractivity contribution is 0.199. The number of aliphatic hydroxyl groups is 1. The van der Waals surface area contributed by atoms with Gasteiger partial charge < -0.3 is 5.11 Å². The van der Waals surface area contributed by atoms with E-state index in [-0.39, 0.29) is 0 Å². The number of pyridine rings is 1. The summed E-state index contributed by atoms with van der Waals surface area (Å²) in [7, 11) is 0. The highest BCUT2D eigenvalue weighted by atomic mass is 16.3. The van der Waals surface area contributed by atoms with Gasteiger partial charge in [0.1, 0.15) is 0 Å². The van der Waals surface area contributed by atoms with Gasteiger partial charge in [-0.3, -0.25) is 0 Å². The normalized spacial score (nSPS) is 17.1. The van der Waals surface area contributed by atoms with E-state index in [1.165, 1.54) is 12.8 Å². The largest absolute Gasteiger partial charge is 0.389 e. The molecule has 0 bridgehead atoms. The van der Waals surface area contributed by atoms with E-state index in [9.17, 15) is 5.11 Å². The lowest BCUT2D eigenvalue weighted by atomic mass is 10.2. The molecule has 1 aliphatic rings. The Hall–Kier alpha value is -1.68. The molecule has 17 heavy (non-hydrogen) atoms. The van der Waals surface area contributed by atoms with Gasteiger partial charge in [-0.25, -0.2) is 9.67 Å². The first-order valence-electron chi connectivity index (χ1n) is 5.94. The van der Waals surface area contributed by atoms with E-state index in [0.29, 0.717) is 5.92 Å². The van der Waals surface area contributed by atoms with Gasteiger partial charge in [0, 0.05) is 18.3 Å². The molecule has 2 aromatic rings. The van der Waals surface area contributed by atoms with E-state index < -0.39 is 6.10 Å². The Morgan fingerprint density at radius 2 is 2.18 bits per heavy atom. The second-order valence-electron chi connectivity index (χ2n) is 4.59. The molecule has 1 atom stereocenters. The molecular formula is C13H15N3O. The lowest BCUT2D eigenvalue weighted by Gasteiger charge is -2.05. The molecule has 2 aromatic heterocycles. The van der Waals surface area contributed by atoms with E-state index >= 15 is 0 Å². The number of hydrogen-bond donors (Lipinski definition) is 1. The van der Waals surface area contributed by atoms with E-state index in [2.05, 4.69) is 16.1 Å². The molecule has 1 fully saturated rings. The second kappa shape index (κ2) is 3.96. The number of rotatable bonds is 3. The summed E-state index contributed by atoms with van der Waals surface area (Å²) in [5.74, 6) is 1.45. The molecule has 0 aromatic carbocycles. The minimum atomic E-state index is -0.476. The molecule has 0 aliphatic heterocycles. The second-order valence-corrected chi connectivity index (χ2v) is 4.59. The van der Waals surface area contributed by atoms with Crippen molar-refractivity contribution in [2.75, 3.05) is 0 Å². The zero-order chi connectivity index (χ0) is 11.8. The molecule has 1 unspecified atom stereocenters. The average molecular weight is 229 g/mol. The molecule has 1 aliphatic carbocycles. The van der Waals surface area contributed by atoms with Crippen molar-refractivity contribution >= 4 is 0 Å². The maximum atomic E-state index is 9.41. The smallest absolute Gasteiger partial charge is 0.153 e. The third-order valence-electron chi connectivity index (χ3n) is 3.09. The van der Waals surface area contributed by atoms with E-state index in [4.69, 9.17) is 0 Å². The zero-order valence-corrected chi connectivity index (χ0v) is 9.74. The minimum Gasteiger partial charge on any atom is -0.389 e. The van der Waals surface area contributed by atoms with E-state index in [1.54, 1.807) is 17.8 Å². The number of hydrogen-bond acceptors (Lipinski definition) is 3. The van der Waals surface area contributed by atoms with Crippen LogP contribution in [0.1, 0.15) is 43.0 Å². The Bertz CT molecular complexity index is 512. The summed E-state index contributed by atoms with van der Waals surface area (Å²) in [5.41, 5.74) is 1.98. The monoisotopic (exact) mass is 229 g/mol. The van der Waals surface area contributed by atoms with Crippen molar-refractivity contribution in [2.24, 2.45) is 0 Å². The molecular weight excluding hydrogens is 214 g/mol. The summed E-state index contributed by atoms with van der Waals surface area (Å²) < 4.78 is 1.79. The predicted molar refractivity (Wildman–Crippen MR) is 64.0 cm³/mol. The first-order valence-corrected chi connectivity index (χ1v) is 5.94. The summed E-state index contributed by atoms with van der Waals surface area (Å²) in [4.78, 5) is 4.30. The number of nitrogens with zero attached hydrogens (tertiary/aromatic N) is 3. The van der Waals surface area contributed by atoms with Crippen molar-refractivity contribution in [1.82, 2.24) is 14.8 Å². The highest BCUT2D eigenvalue weighted by Gasteiger charge is 2.25. The average Bonchev–Trinajstić information content (AvgIpc) is 3.07. The Morgan fingerprint density at radius 3 is 2.76 bits per heavy atom. The molecule has 0 spiro atoms. The van der Waals surface area contributed by atoms with Crippen LogP contribution < -0.4 is 0 Å². The van der Waals surface area contributed by atoms with E-state index in [0.717, 1.165) is 17.1 Å². The van der Waals surface area contributed by atoms with Crippen LogP contribution in [-0.4, -0.2) is 19.9 Å². The fraction of sp³-hybridized carbons (Fsp3) is 0.385. The molecule has 88 valence electrons. The highest BCUT2D eigenvalue weighted by Crippen LogP contribution is 2.38. The molecule has 0 radical (unpaired) electrons. The maximum absolute atomic E-state index is 9.41. The highest BCUT2D eigenvalue weighted by molar-refractivity contribution is 5.27. The van der Waals surface area contributed by atoms with Crippen LogP contribution in [0.15, 0.2) is 30.6 Å². The maximum Gasteiger partial charge on any atom is 0.153 e. The Kier molecular flexibility index (Phi) is 2.44. The standard InChI is InChI=1S/C13H15N3O/c1-9(17)11-4-5-13(14-8-11)16-7-6-12(15-16)10-2-3-10/h4-10,17H,2-3H2,1H3. The van der Waals surface area contributed by atoms with Gasteiger partial charge in [0.2, 0.25) is 0 Å². The fourth-order valence-corrected chi connectivity index (χ4v) is 1.84. The van der Waals surface area contributed by atoms with Crippen molar-refractivity contribution < 1.29 is 5.11 Å². The topological polar surface area (TPSA) is 50.9 Å². The first-order chi connectivity index (χ1) is 8.24. The van der Waals surface area contributed by atoms with Gasteiger partial charge in [0.05, 0.1) is 11.8 Å². The summed E-state index contributed by atoms with van der Waals surface area (Å²) in [6.45, 7) is 1.73. The summed E-state index contributed by atoms with van der Waals surface area (Å²) >= 11 is 0. The SMILES string of the molecule is CC(O)c1ccc(-n2ccc(C3CC3)n2)nc1. The van der Waals surface area contributed by atoms with Crippen molar-refractivity contribution in [3.8, 4) is 5.82 Å². The van der Waals surface area contributed by atoms with Crippen LogP contribution in [-0.2, 0) is 0 Å². The van der Waals surface area contributed by atoms with Crippen LogP contribution in [0.3, 0.4) is 0 Å². The zero-order valence-electron chi connectivity index (χ0n) is 9.74. The van der Waals surface area contributed by atoms with Crippen LogP contribution >= 0.6 is 0 Å². The minimum absolute atomic E-state index is 0.476. The molecule has 2 heterocycles. The summed E-state index contributed by atoms with van der Waals surface area (Å²) in [5, 5.41) is 13.9. The molecule has 4 nitrogen and oxygen atoms in total. The van der Waals surface area contributed by atoms with Crippen LogP contribution in [0.25, 0.3) is 5.82 Å². The van der Waals surface area contributed by atoms with Crippen LogP contribution in [0.4, 0.5) is 0 Å². The van der Waals surface area contributed by atoms with Gasteiger partial charge in [-0.15, -0.1) is 0 Å². The third-order valence-corrected chi connectivity index (χ3v) is 3.09. The predicted octanol–water partition coefficient (Wildman–Crippen LogP) is 2.20. The van der Waals surface area contributed by atoms with Gasteiger partial charge in [0.15, 0.2) is 5.82 Å². The van der Waals surface area contributed by atoms with Gasteiger partial charge in [-0.2, -0.15) is 5.10 Å². The number of aliphatic hydroxyl groups excluding tert-OH is 1. The van der Waals surface area contributed by atoms with Gasteiger partial charge in [0.25, 0.3) is 0 Å². The molecule has 1 saturated carbocycles. The number of aromatic nitrogens is 3. The van der Waals surface area contributed by atoms with Gasteiger partial charge >= 0.3 is 0 Å². The summed E-state index contributed by atoms with van der Waals surface area (Å²) in [6, 6.07) is 5.82. The Labute approximate surface area is 99.9 Å². The van der Waals surface area contributed by atoms with E-state index in [1.807, 2.05) is 18.3 Å². The summed E-state index contributed by atoms with van der Waals surface area (Å²) in [6.07, 6.45) is 5.67. The van der Waals surface area contributed by atoms with Gasteiger partial charge in [-0.1, -0.05) is 6.07 Å². The van der Waals surface area contributed by atoms with Crippen LogP contribution in [0.2, 0.25) is 0 Å². The molecule has 4 heteroatoms. The molecule has 0 amide bonds.